The van der Waals surface area contributed by atoms with Crippen molar-refractivity contribution >= 4 is 39.0 Å². The summed E-state index contributed by atoms with van der Waals surface area (Å²) < 4.78 is 1.15. The van der Waals surface area contributed by atoms with Gasteiger partial charge in [0.15, 0.2) is 0 Å². The van der Waals surface area contributed by atoms with E-state index < -0.39 is 0 Å². The second-order valence-electron chi connectivity index (χ2n) is 6.47. The lowest BCUT2D eigenvalue weighted by Gasteiger charge is -2.14. The van der Waals surface area contributed by atoms with Crippen LogP contribution in [0.15, 0.2) is 48.8 Å². The zero-order chi connectivity index (χ0) is 19.5. The second kappa shape index (κ2) is 7.87. The van der Waals surface area contributed by atoms with Crippen LogP contribution in [0.5, 0.6) is 0 Å². The number of hydrogen-bond acceptors (Lipinski definition) is 8. The van der Waals surface area contributed by atoms with Crippen molar-refractivity contribution in [2.75, 3.05) is 17.2 Å². The van der Waals surface area contributed by atoms with Crippen LogP contribution in [0, 0.1) is 6.92 Å². The predicted octanol–water partition coefficient (Wildman–Crippen LogP) is 3.99. The standard InChI is InChI=1S/C20H20N6OS/c1-12(11-27)22-20-25-16(14-4-3-7-21-10-14)9-19(26-20)24-15-5-6-18-17(8-15)23-13(2)28-18/h3-10,12,27H,11H2,1-2H3,(H2,22,24,25,26)/t12-/m1/s1. The molecular weight excluding hydrogens is 372 g/mol. The Kier molecular flexibility index (Phi) is 5.14. The highest BCUT2D eigenvalue weighted by Crippen LogP contribution is 2.27. The molecule has 0 aliphatic rings. The van der Waals surface area contributed by atoms with Crippen LogP contribution in [-0.4, -0.2) is 37.7 Å². The maximum atomic E-state index is 9.34. The summed E-state index contributed by atoms with van der Waals surface area (Å²) in [6.45, 7) is 3.86. The van der Waals surface area contributed by atoms with E-state index in [-0.39, 0.29) is 12.6 Å². The highest BCUT2D eigenvalue weighted by Gasteiger charge is 2.10. The van der Waals surface area contributed by atoms with Gasteiger partial charge in [-0.1, -0.05) is 0 Å². The molecule has 0 saturated heterocycles. The number of aromatic nitrogens is 4. The van der Waals surface area contributed by atoms with Crippen molar-refractivity contribution in [2.24, 2.45) is 0 Å². The number of pyridine rings is 1. The molecule has 0 unspecified atom stereocenters. The lowest BCUT2D eigenvalue weighted by atomic mass is 10.2. The molecule has 28 heavy (non-hydrogen) atoms. The number of anilines is 3. The van der Waals surface area contributed by atoms with E-state index in [2.05, 4.69) is 36.6 Å². The minimum Gasteiger partial charge on any atom is -0.394 e. The van der Waals surface area contributed by atoms with E-state index >= 15 is 0 Å². The first kappa shape index (κ1) is 18.3. The van der Waals surface area contributed by atoms with Gasteiger partial charge in [-0.3, -0.25) is 4.98 Å². The molecule has 0 aliphatic carbocycles. The summed E-state index contributed by atoms with van der Waals surface area (Å²) in [5, 5.41) is 16.8. The fourth-order valence-corrected chi connectivity index (χ4v) is 3.58. The molecule has 4 rings (SSSR count). The van der Waals surface area contributed by atoms with Crippen molar-refractivity contribution in [1.82, 2.24) is 19.9 Å². The zero-order valence-electron chi connectivity index (χ0n) is 15.5. The fourth-order valence-electron chi connectivity index (χ4n) is 2.77. The molecule has 4 aromatic rings. The van der Waals surface area contributed by atoms with E-state index in [0.717, 1.165) is 32.2 Å². The second-order valence-corrected chi connectivity index (χ2v) is 7.71. The SMILES string of the molecule is Cc1nc2cc(Nc3cc(-c4cccnc4)nc(N[C@H](C)CO)n3)ccc2s1. The topological polar surface area (TPSA) is 95.9 Å². The Morgan fingerprint density at radius 1 is 1.14 bits per heavy atom. The third-order valence-electron chi connectivity index (χ3n) is 4.10. The van der Waals surface area contributed by atoms with Crippen molar-refractivity contribution in [3.05, 3.63) is 53.8 Å². The average molecular weight is 392 g/mol. The van der Waals surface area contributed by atoms with Crippen molar-refractivity contribution in [2.45, 2.75) is 19.9 Å². The van der Waals surface area contributed by atoms with Crippen molar-refractivity contribution in [1.29, 1.82) is 0 Å². The number of fused-ring (bicyclic) bond motifs is 1. The Morgan fingerprint density at radius 2 is 2.04 bits per heavy atom. The summed E-state index contributed by atoms with van der Waals surface area (Å²) >= 11 is 1.67. The molecule has 0 fully saturated rings. The van der Waals surface area contributed by atoms with Gasteiger partial charge in [-0.05, 0) is 44.2 Å². The normalized spacial score (nSPS) is 12.1. The Bertz CT molecular complexity index is 1100. The number of nitrogens with zero attached hydrogens (tertiary/aromatic N) is 4. The maximum Gasteiger partial charge on any atom is 0.225 e. The van der Waals surface area contributed by atoms with E-state index in [1.807, 2.05) is 44.2 Å². The van der Waals surface area contributed by atoms with Gasteiger partial charge in [0.2, 0.25) is 5.95 Å². The lowest BCUT2D eigenvalue weighted by molar-refractivity contribution is 0.281. The van der Waals surface area contributed by atoms with E-state index in [4.69, 9.17) is 0 Å². The smallest absolute Gasteiger partial charge is 0.225 e. The van der Waals surface area contributed by atoms with Gasteiger partial charge in [-0.25, -0.2) is 9.97 Å². The first-order valence-corrected chi connectivity index (χ1v) is 9.73. The van der Waals surface area contributed by atoms with Crippen LogP contribution in [0.1, 0.15) is 11.9 Å². The van der Waals surface area contributed by atoms with Crippen LogP contribution < -0.4 is 10.6 Å². The molecule has 0 amide bonds. The van der Waals surface area contributed by atoms with Crippen molar-refractivity contribution in [3.63, 3.8) is 0 Å². The molecule has 0 aliphatic heterocycles. The van der Waals surface area contributed by atoms with Gasteiger partial charge in [-0.2, -0.15) is 4.98 Å². The minimum absolute atomic E-state index is 0.0108. The van der Waals surface area contributed by atoms with Crippen LogP contribution >= 0.6 is 11.3 Å². The highest BCUT2D eigenvalue weighted by molar-refractivity contribution is 7.18. The van der Waals surface area contributed by atoms with Gasteiger partial charge in [0.1, 0.15) is 5.82 Å². The van der Waals surface area contributed by atoms with Crippen molar-refractivity contribution in [3.8, 4) is 11.3 Å². The summed E-state index contributed by atoms with van der Waals surface area (Å²) in [7, 11) is 0. The number of benzene rings is 1. The van der Waals surface area contributed by atoms with Crippen LogP contribution in [0.4, 0.5) is 17.5 Å². The van der Waals surface area contributed by atoms with Gasteiger partial charge in [-0.15, -0.1) is 11.3 Å². The van der Waals surface area contributed by atoms with Crippen LogP contribution in [0.2, 0.25) is 0 Å². The van der Waals surface area contributed by atoms with Gasteiger partial charge < -0.3 is 15.7 Å². The maximum absolute atomic E-state index is 9.34. The minimum atomic E-state index is -0.161. The molecule has 3 N–H and O–H groups in total. The van der Waals surface area contributed by atoms with E-state index in [0.29, 0.717) is 11.8 Å². The predicted molar refractivity (Wildman–Crippen MR) is 113 cm³/mol. The molecule has 7 nitrogen and oxygen atoms in total. The molecular formula is C20H20N6OS. The van der Waals surface area contributed by atoms with Gasteiger partial charge in [0.25, 0.3) is 0 Å². The highest BCUT2D eigenvalue weighted by atomic mass is 32.1. The number of rotatable bonds is 6. The number of aryl methyl sites for hydroxylation is 1. The van der Waals surface area contributed by atoms with Crippen molar-refractivity contribution < 1.29 is 5.11 Å². The monoisotopic (exact) mass is 392 g/mol. The Balaban J connectivity index is 1.70. The molecule has 0 spiro atoms. The molecule has 1 atom stereocenters. The van der Waals surface area contributed by atoms with Crippen LogP contribution in [-0.2, 0) is 0 Å². The first-order chi connectivity index (χ1) is 13.6. The molecule has 0 bridgehead atoms. The molecule has 1 aromatic carbocycles. The largest absolute Gasteiger partial charge is 0.394 e. The number of nitrogens with one attached hydrogen (secondary N) is 2. The molecule has 0 radical (unpaired) electrons. The average Bonchev–Trinajstić information content (AvgIpc) is 3.07. The Hall–Kier alpha value is -3.10. The van der Waals surface area contributed by atoms with E-state index in [1.54, 1.807) is 23.7 Å². The zero-order valence-corrected chi connectivity index (χ0v) is 16.4. The third-order valence-corrected chi connectivity index (χ3v) is 5.05. The third kappa shape index (κ3) is 4.08. The molecule has 3 heterocycles. The summed E-state index contributed by atoms with van der Waals surface area (Å²) in [4.78, 5) is 17.8. The Morgan fingerprint density at radius 3 is 2.82 bits per heavy atom. The summed E-state index contributed by atoms with van der Waals surface area (Å²) in [5.41, 5.74) is 3.48. The summed E-state index contributed by atoms with van der Waals surface area (Å²) in [6, 6.07) is 11.6. The molecule has 142 valence electrons. The molecule has 0 saturated carbocycles. The molecule has 8 heteroatoms. The van der Waals surface area contributed by atoms with Gasteiger partial charge >= 0.3 is 0 Å². The summed E-state index contributed by atoms with van der Waals surface area (Å²) in [5.74, 6) is 1.09. The number of aliphatic hydroxyl groups excluding tert-OH is 1. The Labute approximate surface area is 166 Å². The quantitative estimate of drug-likeness (QED) is 0.456. The van der Waals surface area contributed by atoms with Crippen LogP contribution in [0.3, 0.4) is 0 Å². The van der Waals surface area contributed by atoms with Gasteiger partial charge in [0, 0.05) is 35.8 Å². The number of aliphatic hydroxyl groups is 1. The van der Waals surface area contributed by atoms with Crippen LogP contribution in [0.25, 0.3) is 21.5 Å². The molecule has 3 aromatic heterocycles. The first-order valence-electron chi connectivity index (χ1n) is 8.92. The fraction of sp³-hybridized carbons (Fsp3) is 0.200. The lowest BCUT2D eigenvalue weighted by Crippen LogP contribution is -2.21. The summed E-state index contributed by atoms with van der Waals surface area (Å²) in [6.07, 6.45) is 3.48. The van der Waals surface area contributed by atoms with E-state index in [9.17, 15) is 5.11 Å². The number of thiazole rings is 1. The number of hydrogen-bond donors (Lipinski definition) is 3. The van der Waals surface area contributed by atoms with Gasteiger partial charge in [0.05, 0.1) is 27.5 Å². The van der Waals surface area contributed by atoms with E-state index in [1.165, 1.54) is 0 Å².